The fraction of sp³-hybridized carbons (Fsp3) is 0.312. The zero-order valence-electron chi connectivity index (χ0n) is 12.1. The first kappa shape index (κ1) is 14.6. The van der Waals surface area contributed by atoms with Crippen molar-refractivity contribution < 1.29 is 0 Å². The summed E-state index contributed by atoms with van der Waals surface area (Å²) in [5.41, 5.74) is 2.26. The number of nitrogens with zero attached hydrogens (tertiary/aromatic N) is 2. The maximum Gasteiger partial charge on any atom is 0.123 e. The van der Waals surface area contributed by atoms with E-state index in [0.717, 1.165) is 28.8 Å². The van der Waals surface area contributed by atoms with Gasteiger partial charge in [-0.1, -0.05) is 23.7 Å². The molecule has 5 heteroatoms. The Balaban J connectivity index is 1.78. The number of aromatic nitrogens is 2. The lowest BCUT2D eigenvalue weighted by molar-refractivity contribution is 0.549. The summed E-state index contributed by atoms with van der Waals surface area (Å²) >= 11 is 7.62. The van der Waals surface area contributed by atoms with Gasteiger partial charge in [-0.25, -0.2) is 4.98 Å². The molecule has 0 radical (unpaired) electrons. The van der Waals surface area contributed by atoms with Gasteiger partial charge in [-0.3, -0.25) is 0 Å². The van der Waals surface area contributed by atoms with E-state index in [9.17, 15) is 0 Å². The highest BCUT2D eigenvalue weighted by molar-refractivity contribution is 7.16. The Labute approximate surface area is 133 Å². The molecular weight excluding hydrogens is 302 g/mol. The summed E-state index contributed by atoms with van der Waals surface area (Å²) in [5.74, 6) is 1.08. The molecule has 3 aromatic rings. The second-order valence-electron chi connectivity index (χ2n) is 5.01. The van der Waals surface area contributed by atoms with Gasteiger partial charge in [0.25, 0.3) is 0 Å². The number of hydrogen-bond acceptors (Lipinski definition) is 3. The third kappa shape index (κ3) is 2.98. The van der Waals surface area contributed by atoms with Crippen LogP contribution in [0.15, 0.2) is 36.4 Å². The Morgan fingerprint density at radius 2 is 2.10 bits per heavy atom. The van der Waals surface area contributed by atoms with E-state index in [1.54, 1.807) is 11.3 Å². The molecule has 110 valence electrons. The van der Waals surface area contributed by atoms with Crippen molar-refractivity contribution in [2.75, 3.05) is 0 Å². The van der Waals surface area contributed by atoms with Gasteiger partial charge in [0.05, 0.1) is 21.9 Å². The molecule has 0 saturated carbocycles. The average Bonchev–Trinajstić information content (AvgIpc) is 3.07. The second-order valence-corrected chi connectivity index (χ2v) is 6.75. The second kappa shape index (κ2) is 6.18. The molecule has 0 aliphatic carbocycles. The third-order valence-corrected chi connectivity index (χ3v) is 5.05. The van der Waals surface area contributed by atoms with Crippen LogP contribution >= 0.6 is 22.9 Å². The number of rotatable bonds is 5. The summed E-state index contributed by atoms with van der Waals surface area (Å²) in [6.45, 7) is 5.98. The maximum atomic E-state index is 6.00. The van der Waals surface area contributed by atoms with Gasteiger partial charge < -0.3 is 9.88 Å². The Hall–Kier alpha value is -1.36. The predicted octanol–water partition coefficient (Wildman–Crippen LogP) is 4.62. The number of halogens is 1. The molecule has 0 aliphatic rings. The van der Waals surface area contributed by atoms with Crippen LogP contribution in [0.25, 0.3) is 11.0 Å². The Bertz CT molecular complexity index is 747. The van der Waals surface area contributed by atoms with Crippen LogP contribution in [-0.4, -0.2) is 9.55 Å². The summed E-state index contributed by atoms with van der Waals surface area (Å²) in [4.78, 5) is 5.98. The standard InChI is InChI=1S/C16H18ClN3S/c1-3-20-13-7-5-4-6-12(13)19-16(20)10-18-11(2)14-8-9-15(17)21-14/h4-9,11,18H,3,10H2,1-2H3. The van der Waals surface area contributed by atoms with E-state index in [0.29, 0.717) is 0 Å². The lowest BCUT2D eigenvalue weighted by Gasteiger charge is -2.12. The van der Waals surface area contributed by atoms with Crippen molar-refractivity contribution in [3.05, 3.63) is 51.4 Å². The highest BCUT2D eigenvalue weighted by atomic mass is 35.5. The van der Waals surface area contributed by atoms with Crippen LogP contribution in [0.4, 0.5) is 0 Å². The van der Waals surface area contributed by atoms with E-state index >= 15 is 0 Å². The number of thiophene rings is 1. The van der Waals surface area contributed by atoms with E-state index in [1.807, 2.05) is 12.1 Å². The molecule has 2 heterocycles. The number of aryl methyl sites for hydroxylation is 1. The topological polar surface area (TPSA) is 29.9 Å². The Kier molecular flexibility index (Phi) is 4.29. The number of nitrogens with one attached hydrogen (secondary N) is 1. The molecule has 3 rings (SSSR count). The maximum absolute atomic E-state index is 6.00. The molecule has 0 aliphatic heterocycles. The highest BCUT2D eigenvalue weighted by Gasteiger charge is 2.12. The average molecular weight is 320 g/mol. The van der Waals surface area contributed by atoms with Crippen molar-refractivity contribution in [2.45, 2.75) is 33.0 Å². The van der Waals surface area contributed by atoms with Crippen LogP contribution in [0.3, 0.4) is 0 Å². The summed E-state index contributed by atoms with van der Waals surface area (Å²) < 4.78 is 3.09. The molecule has 21 heavy (non-hydrogen) atoms. The minimum absolute atomic E-state index is 0.271. The van der Waals surface area contributed by atoms with Crippen LogP contribution in [0, 0.1) is 0 Å². The molecule has 0 spiro atoms. The Morgan fingerprint density at radius 1 is 1.29 bits per heavy atom. The van der Waals surface area contributed by atoms with Gasteiger partial charge in [-0.15, -0.1) is 11.3 Å². The zero-order valence-corrected chi connectivity index (χ0v) is 13.7. The van der Waals surface area contributed by atoms with Gasteiger partial charge in [0.15, 0.2) is 0 Å². The molecule has 0 saturated heterocycles. The minimum Gasteiger partial charge on any atom is -0.327 e. The van der Waals surface area contributed by atoms with Crippen molar-refractivity contribution in [1.29, 1.82) is 0 Å². The number of fused-ring (bicyclic) bond motifs is 1. The number of benzene rings is 1. The van der Waals surface area contributed by atoms with Crippen molar-refractivity contribution in [3.63, 3.8) is 0 Å². The number of para-hydroxylation sites is 2. The molecule has 1 N–H and O–H groups in total. The molecule has 2 aromatic heterocycles. The van der Waals surface area contributed by atoms with Gasteiger partial charge in [0.2, 0.25) is 0 Å². The predicted molar refractivity (Wildman–Crippen MR) is 90.0 cm³/mol. The summed E-state index contributed by atoms with van der Waals surface area (Å²) in [6, 6.07) is 12.6. The first-order valence-electron chi connectivity index (χ1n) is 7.11. The van der Waals surface area contributed by atoms with Gasteiger partial charge >= 0.3 is 0 Å². The lowest BCUT2D eigenvalue weighted by Crippen LogP contribution is -2.20. The van der Waals surface area contributed by atoms with E-state index in [-0.39, 0.29) is 6.04 Å². The van der Waals surface area contributed by atoms with Gasteiger partial charge in [-0.05, 0) is 38.1 Å². The van der Waals surface area contributed by atoms with Gasteiger partial charge in [-0.2, -0.15) is 0 Å². The normalized spacial score (nSPS) is 12.9. The summed E-state index contributed by atoms with van der Waals surface area (Å²) in [5, 5.41) is 3.53. The van der Waals surface area contributed by atoms with Crippen molar-refractivity contribution in [2.24, 2.45) is 0 Å². The smallest absolute Gasteiger partial charge is 0.123 e. The molecule has 1 atom stereocenters. The van der Waals surface area contributed by atoms with Crippen molar-refractivity contribution >= 4 is 34.0 Å². The van der Waals surface area contributed by atoms with Crippen LogP contribution in [0.1, 0.15) is 30.6 Å². The summed E-state index contributed by atoms with van der Waals surface area (Å²) in [7, 11) is 0. The first-order valence-corrected chi connectivity index (χ1v) is 8.31. The fourth-order valence-corrected chi connectivity index (χ4v) is 3.61. The van der Waals surface area contributed by atoms with Crippen LogP contribution in [-0.2, 0) is 13.1 Å². The third-order valence-electron chi connectivity index (χ3n) is 3.64. The molecular formula is C16H18ClN3S. The van der Waals surface area contributed by atoms with E-state index in [4.69, 9.17) is 16.6 Å². The first-order chi connectivity index (χ1) is 10.2. The minimum atomic E-state index is 0.271. The lowest BCUT2D eigenvalue weighted by atomic mass is 10.3. The zero-order chi connectivity index (χ0) is 14.8. The molecule has 0 bridgehead atoms. The SMILES string of the molecule is CCn1c(CNC(C)c2ccc(Cl)s2)nc2ccccc21. The van der Waals surface area contributed by atoms with Gasteiger partial charge in [0, 0.05) is 17.5 Å². The van der Waals surface area contributed by atoms with Crippen molar-refractivity contribution in [1.82, 2.24) is 14.9 Å². The molecule has 0 amide bonds. The Morgan fingerprint density at radius 3 is 2.81 bits per heavy atom. The molecule has 1 aromatic carbocycles. The van der Waals surface area contributed by atoms with Crippen LogP contribution in [0.5, 0.6) is 0 Å². The quantitative estimate of drug-likeness (QED) is 0.743. The van der Waals surface area contributed by atoms with Gasteiger partial charge in [0.1, 0.15) is 5.82 Å². The molecule has 3 nitrogen and oxygen atoms in total. The molecule has 0 fully saturated rings. The summed E-state index contributed by atoms with van der Waals surface area (Å²) in [6.07, 6.45) is 0. The monoisotopic (exact) mass is 319 g/mol. The van der Waals surface area contributed by atoms with Crippen molar-refractivity contribution in [3.8, 4) is 0 Å². The largest absolute Gasteiger partial charge is 0.327 e. The molecule has 1 unspecified atom stereocenters. The highest BCUT2D eigenvalue weighted by Crippen LogP contribution is 2.27. The van der Waals surface area contributed by atoms with E-state index < -0.39 is 0 Å². The fourth-order valence-electron chi connectivity index (χ4n) is 2.52. The van der Waals surface area contributed by atoms with Crippen LogP contribution in [0.2, 0.25) is 4.34 Å². The van der Waals surface area contributed by atoms with E-state index in [1.165, 1.54) is 10.4 Å². The van der Waals surface area contributed by atoms with Crippen LogP contribution < -0.4 is 5.32 Å². The number of imidazole rings is 1. The number of hydrogen-bond donors (Lipinski definition) is 1. The van der Waals surface area contributed by atoms with E-state index in [2.05, 4.69) is 48.0 Å².